The maximum Gasteiger partial charge on any atom is 0.256 e. The molecule has 0 radical (unpaired) electrons. The van der Waals surface area contributed by atoms with E-state index in [-0.39, 0.29) is 23.0 Å². The number of hydrogen-bond donors (Lipinski definition) is 0. The molecule has 8 aromatic carbocycles. The van der Waals surface area contributed by atoms with Crippen molar-refractivity contribution in [2.24, 2.45) is 0 Å². The van der Waals surface area contributed by atoms with Crippen LogP contribution in [0.2, 0.25) is 0 Å². The molecule has 0 aliphatic carbocycles. The Hall–Kier alpha value is -6.26. The van der Waals surface area contributed by atoms with Crippen molar-refractivity contribution in [2.75, 3.05) is 9.80 Å². The molecular weight excluding hydrogens is 727 g/mol. The van der Waals surface area contributed by atoms with E-state index >= 15 is 0 Å². The number of hydrogen-bond acceptors (Lipinski definition) is 3. The summed E-state index contributed by atoms with van der Waals surface area (Å²) >= 11 is 0. The molecule has 0 aromatic heterocycles. The molecule has 3 nitrogen and oxygen atoms in total. The zero-order valence-electron chi connectivity index (χ0n) is 36.4. The van der Waals surface area contributed by atoms with Crippen LogP contribution in [0, 0.1) is 0 Å². The van der Waals surface area contributed by atoms with Gasteiger partial charge < -0.3 is 14.5 Å². The molecule has 2 aliphatic rings. The van der Waals surface area contributed by atoms with Crippen LogP contribution in [0.1, 0.15) is 79.0 Å². The fraction of sp³-hybridized carbons (Fsp3) is 0.214. The largest absolute Gasteiger partial charge is 0.458 e. The van der Waals surface area contributed by atoms with E-state index in [9.17, 15) is 0 Å². The number of nitrogens with zero attached hydrogens (tertiary/aromatic N) is 2. The van der Waals surface area contributed by atoms with E-state index in [1.54, 1.807) is 0 Å². The van der Waals surface area contributed by atoms with Crippen molar-refractivity contribution in [3.63, 3.8) is 0 Å². The smallest absolute Gasteiger partial charge is 0.256 e. The molecule has 0 N–H and O–H groups in total. The van der Waals surface area contributed by atoms with Crippen LogP contribution in [0.25, 0.3) is 21.5 Å². The van der Waals surface area contributed by atoms with Gasteiger partial charge >= 0.3 is 0 Å². The Balaban J connectivity index is 1.28. The van der Waals surface area contributed by atoms with Gasteiger partial charge in [-0.2, -0.15) is 0 Å². The Labute approximate surface area is 356 Å². The molecule has 0 spiro atoms. The molecule has 0 fully saturated rings. The van der Waals surface area contributed by atoms with Crippen LogP contribution >= 0.6 is 0 Å². The summed E-state index contributed by atoms with van der Waals surface area (Å²) in [6.07, 6.45) is 0. The van der Waals surface area contributed by atoms with E-state index in [0.717, 1.165) is 39.9 Å². The summed E-state index contributed by atoms with van der Waals surface area (Å²) in [7, 11) is 0. The SMILES string of the molecule is CC(C)(C)c1ccc(N2c3ccc(C(C)(C)C)cc3B3c4cc(C(C)(C)C)ccc4Oc4cc(N(c5ccc6ccccc6c5)c5ccc6ccccc6c5)cc2c43)cc1. The Bertz CT molecular complexity index is 2900. The van der Waals surface area contributed by atoms with Gasteiger partial charge in [0.25, 0.3) is 6.71 Å². The molecule has 0 unspecified atom stereocenters. The summed E-state index contributed by atoms with van der Waals surface area (Å²) in [5.41, 5.74) is 14.3. The lowest BCUT2D eigenvalue weighted by molar-refractivity contribution is 0.486. The van der Waals surface area contributed by atoms with Gasteiger partial charge in [-0.05, 0) is 125 Å². The predicted octanol–water partition coefficient (Wildman–Crippen LogP) is 13.8. The van der Waals surface area contributed by atoms with Crippen molar-refractivity contribution < 1.29 is 4.74 Å². The zero-order chi connectivity index (χ0) is 41.7. The van der Waals surface area contributed by atoms with E-state index in [1.807, 2.05) is 0 Å². The second-order valence-corrected chi connectivity index (χ2v) is 20.0. The maximum absolute atomic E-state index is 7.20. The average Bonchev–Trinajstić information content (AvgIpc) is 3.22. The molecular formula is C56H53BN2O. The van der Waals surface area contributed by atoms with Gasteiger partial charge in [0, 0.05) is 34.5 Å². The number of fused-ring (bicyclic) bond motifs is 6. The molecule has 2 heterocycles. The van der Waals surface area contributed by atoms with Crippen molar-refractivity contribution in [2.45, 2.75) is 78.6 Å². The summed E-state index contributed by atoms with van der Waals surface area (Å²) in [4.78, 5) is 4.90. The summed E-state index contributed by atoms with van der Waals surface area (Å²) in [5, 5.41) is 4.83. The summed E-state index contributed by atoms with van der Waals surface area (Å²) in [6, 6.07) is 58.8. The first-order valence-electron chi connectivity index (χ1n) is 21.4. The van der Waals surface area contributed by atoms with Gasteiger partial charge in [-0.15, -0.1) is 0 Å². The fourth-order valence-corrected chi connectivity index (χ4v) is 9.27. The Morgan fingerprint density at radius 3 is 1.50 bits per heavy atom. The number of anilines is 6. The molecule has 0 atom stereocenters. The molecule has 60 heavy (non-hydrogen) atoms. The van der Waals surface area contributed by atoms with Gasteiger partial charge in [-0.1, -0.05) is 159 Å². The van der Waals surface area contributed by atoms with Crippen molar-refractivity contribution in [3.8, 4) is 11.5 Å². The minimum absolute atomic E-state index is 0.0200. The minimum Gasteiger partial charge on any atom is -0.458 e. The third-order valence-corrected chi connectivity index (χ3v) is 12.7. The Morgan fingerprint density at radius 1 is 0.417 bits per heavy atom. The first-order chi connectivity index (χ1) is 28.6. The summed E-state index contributed by atoms with van der Waals surface area (Å²) in [5.74, 6) is 1.81. The highest BCUT2D eigenvalue weighted by molar-refractivity contribution is 6.99. The van der Waals surface area contributed by atoms with Gasteiger partial charge in [-0.3, -0.25) is 0 Å². The van der Waals surface area contributed by atoms with Gasteiger partial charge in [0.05, 0.1) is 5.69 Å². The van der Waals surface area contributed by atoms with Crippen LogP contribution in [-0.4, -0.2) is 6.71 Å². The van der Waals surface area contributed by atoms with E-state index in [1.165, 1.54) is 60.3 Å². The normalized spacial score (nSPS) is 13.5. The second-order valence-electron chi connectivity index (χ2n) is 20.0. The number of benzene rings is 8. The van der Waals surface area contributed by atoms with E-state index in [4.69, 9.17) is 4.74 Å². The van der Waals surface area contributed by atoms with Crippen molar-refractivity contribution in [3.05, 3.63) is 174 Å². The number of rotatable bonds is 4. The van der Waals surface area contributed by atoms with Gasteiger partial charge in [0.2, 0.25) is 0 Å². The van der Waals surface area contributed by atoms with Gasteiger partial charge in [0.1, 0.15) is 11.5 Å². The molecule has 10 rings (SSSR count). The quantitative estimate of drug-likeness (QED) is 0.165. The maximum atomic E-state index is 7.20. The van der Waals surface area contributed by atoms with Crippen LogP contribution in [0.5, 0.6) is 11.5 Å². The molecule has 0 bridgehead atoms. The monoisotopic (exact) mass is 780 g/mol. The second kappa shape index (κ2) is 13.6. The molecule has 0 saturated heterocycles. The molecule has 8 aromatic rings. The lowest BCUT2D eigenvalue weighted by Gasteiger charge is -2.42. The average molecular weight is 781 g/mol. The molecule has 0 saturated carbocycles. The van der Waals surface area contributed by atoms with Crippen LogP contribution in [-0.2, 0) is 16.2 Å². The van der Waals surface area contributed by atoms with Crippen LogP contribution in [0.15, 0.2) is 158 Å². The predicted molar refractivity (Wildman–Crippen MR) is 258 cm³/mol. The van der Waals surface area contributed by atoms with Gasteiger partial charge in [0.15, 0.2) is 0 Å². The van der Waals surface area contributed by atoms with Crippen molar-refractivity contribution in [1.29, 1.82) is 0 Å². The lowest BCUT2D eigenvalue weighted by Crippen LogP contribution is -2.60. The first-order valence-corrected chi connectivity index (χ1v) is 21.4. The fourth-order valence-electron chi connectivity index (χ4n) is 9.27. The standard InChI is InChI=1S/C56H53BN2O/c1-54(2,3)40-20-26-43(27-21-40)59-49-28-22-41(55(4,5)6)32-47(49)57-48-33-42(56(7,8)9)23-29-51(48)60-52-35-46(34-50(59)53(52)57)58(44-24-18-36-14-10-12-16-38(36)30-44)45-25-19-37-15-11-13-17-39(37)31-45/h10-35H,1-9H3. The first kappa shape index (κ1) is 38.0. The van der Waals surface area contributed by atoms with E-state index in [2.05, 4.69) is 230 Å². The summed E-state index contributed by atoms with van der Waals surface area (Å²) < 4.78 is 7.20. The highest BCUT2D eigenvalue weighted by Gasteiger charge is 2.43. The van der Waals surface area contributed by atoms with Gasteiger partial charge in [-0.25, -0.2) is 0 Å². The van der Waals surface area contributed by atoms with Crippen LogP contribution < -0.4 is 30.9 Å². The third kappa shape index (κ3) is 6.45. The zero-order valence-corrected chi connectivity index (χ0v) is 36.4. The van der Waals surface area contributed by atoms with E-state index < -0.39 is 0 Å². The molecule has 296 valence electrons. The highest BCUT2D eigenvalue weighted by Crippen LogP contribution is 2.47. The highest BCUT2D eigenvalue weighted by atomic mass is 16.5. The number of ether oxygens (including phenoxy) is 1. The Kier molecular flexibility index (Phi) is 8.64. The molecule has 4 heteroatoms. The minimum atomic E-state index is -0.0251. The lowest BCUT2D eigenvalue weighted by atomic mass is 9.33. The van der Waals surface area contributed by atoms with Crippen LogP contribution in [0.4, 0.5) is 34.1 Å². The third-order valence-electron chi connectivity index (χ3n) is 12.7. The van der Waals surface area contributed by atoms with Crippen LogP contribution in [0.3, 0.4) is 0 Å². The van der Waals surface area contributed by atoms with E-state index in [0.29, 0.717) is 0 Å². The molecule has 0 amide bonds. The van der Waals surface area contributed by atoms with Crippen molar-refractivity contribution >= 4 is 78.8 Å². The Morgan fingerprint density at radius 2 is 0.933 bits per heavy atom. The summed E-state index contributed by atoms with van der Waals surface area (Å²) in [6.45, 7) is 20.7. The molecule has 2 aliphatic heterocycles. The topological polar surface area (TPSA) is 15.7 Å². The van der Waals surface area contributed by atoms with Crippen molar-refractivity contribution in [1.82, 2.24) is 0 Å².